The Hall–Kier alpha value is -2.15. The van der Waals surface area contributed by atoms with E-state index in [4.69, 9.17) is 0 Å². The highest BCUT2D eigenvalue weighted by Gasteiger charge is 2.44. The van der Waals surface area contributed by atoms with Crippen LogP contribution < -0.4 is 10.2 Å². The summed E-state index contributed by atoms with van der Waals surface area (Å²) in [5.41, 5.74) is 0.756. The molecule has 1 aromatic rings. The number of carboxylic acid groups (broad SMARTS) is 1. The lowest BCUT2D eigenvalue weighted by Gasteiger charge is -2.40. The summed E-state index contributed by atoms with van der Waals surface area (Å²) in [7, 11) is 0. The Morgan fingerprint density at radius 3 is 2.58 bits per heavy atom. The first-order valence-electron chi connectivity index (χ1n) is 9.53. The van der Waals surface area contributed by atoms with Crippen LogP contribution in [0.4, 0.5) is 5.82 Å². The Morgan fingerprint density at radius 1 is 1.19 bits per heavy atom. The number of pyridine rings is 1. The maximum Gasteiger partial charge on any atom is 0.320 e. The van der Waals surface area contributed by atoms with Crippen molar-refractivity contribution in [2.24, 2.45) is 5.41 Å². The number of aliphatic carboxylic acids is 1. The van der Waals surface area contributed by atoms with Crippen LogP contribution in [0, 0.1) is 5.41 Å². The molecule has 1 amide bonds. The maximum atomic E-state index is 12.9. The van der Waals surface area contributed by atoms with Crippen LogP contribution in [0.25, 0.3) is 0 Å². The number of carbonyl (C=O) groups is 2. The summed E-state index contributed by atoms with van der Waals surface area (Å²) < 4.78 is 0. The fraction of sp³-hybridized carbons (Fsp3) is 0.632. The van der Waals surface area contributed by atoms with Crippen LogP contribution in [0.1, 0.15) is 42.5 Å². The lowest BCUT2D eigenvalue weighted by Crippen LogP contribution is -2.42. The molecule has 2 N–H and O–H groups in total. The Morgan fingerprint density at radius 2 is 1.92 bits per heavy atom. The predicted molar refractivity (Wildman–Crippen MR) is 97.3 cm³/mol. The molecule has 0 saturated carbocycles. The van der Waals surface area contributed by atoms with Crippen LogP contribution in [0.2, 0.25) is 0 Å². The summed E-state index contributed by atoms with van der Waals surface area (Å²) in [5.74, 6) is 0.104. The van der Waals surface area contributed by atoms with Crippen molar-refractivity contribution in [2.45, 2.75) is 38.1 Å². The normalized spacial score (nSPS) is 25.0. The van der Waals surface area contributed by atoms with E-state index in [1.165, 1.54) is 0 Å². The highest BCUT2D eigenvalue weighted by Crippen LogP contribution is 2.40. The SMILES string of the molecule is O=C(O)[C@H]1CC2(CCN(c3ncccc3C(=O)N3CCCC3)CC2)CN1. The number of hydrogen-bond acceptors (Lipinski definition) is 5. The highest BCUT2D eigenvalue weighted by molar-refractivity contribution is 5.99. The van der Waals surface area contributed by atoms with Gasteiger partial charge < -0.3 is 20.2 Å². The Labute approximate surface area is 153 Å². The van der Waals surface area contributed by atoms with Crippen molar-refractivity contribution in [3.8, 4) is 0 Å². The third kappa shape index (κ3) is 3.16. The predicted octanol–water partition coefficient (Wildman–Crippen LogP) is 1.35. The van der Waals surface area contributed by atoms with Crippen LogP contribution in [0.3, 0.4) is 0 Å². The van der Waals surface area contributed by atoms with Gasteiger partial charge in [-0.05, 0) is 49.7 Å². The van der Waals surface area contributed by atoms with E-state index >= 15 is 0 Å². The van der Waals surface area contributed by atoms with Gasteiger partial charge in [-0.25, -0.2) is 4.98 Å². The smallest absolute Gasteiger partial charge is 0.320 e. The van der Waals surface area contributed by atoms with Gasteiger partial charge in [0.25, 0.3) is 5.91 Å². The summed E-state index contributed by atoms with van der Waals surface area (Å²) in [4.78, 5) is 32.7. The molecule has 1 spiro atoms. The molecule has 3 saturated heterocycles. The van der Waals surface area contributed by atoms with Crippen molar-refractivity contribution in [1.29, 1.82) is 0 Å². The van der Waals surface area contributed by atoms with Gasteiger partial charge in [0.2, 0.25) is 0 Å². The minimum Gasteiger partial charge on any atom is -0.480 e. The van der Waals surface area contributed by atoms with Crippen LogP contribution in [0.5, 0.6) is 0 Å². The standard InChI is InChI=1S/C19H26N4O3/c24-17(23-8-1-2-9-23)14-4-3-7-20-16(14)22-10-5-19(6-11-22)12-15(18(25)26)21-13-19/h3-4,7,15,21H,1-2,5-6,8-13H2,(H,25,26)/t15-/m1/s1. The first-order valence-corrected chi connectivity index (χ1v) is 9.53. The summed E-state index contributed by atoms with van der Waals surface area (Å²) in [6, 6.07) is 3.28. The van der Waals surface area contributed by atoms with Crippen molar-refractivity contribution in [3.05, 3.63) is 23.9 Å². The minimum absolute atomic E-state index is 0.0630. The van der Waals surface area contributed by atoms with E-state index in [9.17, 15) is 14.7 Å². The molecule has 0 unspecified atom stereocenters. The number of rotatable bonds is 3. The fourth-order valence-electron chi connectivity index (χ4n) is 4.57. The molecule has 4 heterocycles. The quantitative estimate of drug-likeness (QED) is 0.848. The topological polar surface area (TPSA) is 85.8 Å². The van der Waals surface area contributed by atoms with E-state index in [0.29, 0.717) is 12.0 Å². The van der Waals surface area contributed by atoms with Crippen LogP contribution >= 0.6 is 0 Å². The van der Waals surface area contributed by atoms with Crippen molar-refractivity contribution in [1.82, 2.24) is 15.2 Å². The zero-order valence-corrected chi connectivity index (χ0v) is 15.0. The lowest BCUT2D eigenvalue weighted by atomic mass is 9.76. The van der Waals surface area contributed by atoms with E-state index in [1.54, 1.807) is 6.20 Å². The molecule has 7 nitrogen and oxygen atoms in total. The second kappa shape index (κ2) is 6.87. The number of carboxylic acids is 1. The molecule has 140 valence electrons. The summed E-state index contributed by atoms with van der Waals surface area (Å²) in [6.45, 7) is 4.05. The number of likely N-dealkylation sites (tertiary alicyclic amines) is 1. The molecule has 7 heteroatoms. The number of anilines is 1. The summed E-state index contributed by atoms with van der Waals surface area (Å²) >= 11 is 0. The van der Waals surface area contributed by atoms with Gasteiger partial charge in [0.05, 0.1) is 5.56 Å². The van der Waals surface area contributed by atoms with E-state index in [2.05, 4.69) is 15.2 Å². The molecule has 0 bridgehead atoms. The van der Waals surface area contributed by atoms with Gasteiger partial charge in [-0.15, -0.1) is 0 Å². The second-order valence-corrected chi connectivity index (χ2v) is 7.84. The monoisotopic (exact) mass is 358 g/mol. The Bertz CT molecular complexity index is 694. The Balaban J connectivity index is 1.47. The van der Waals surface area contributed by atoms with E-state index < -0.39 is 12.0 Å². The average Bonchev–Trinajstić information content (AvgIpc) is 3.33. The number of piperidine rings is 1. The van der Waals surface area contributed by atoms with Crippen LogP contribution in [0.15, 0.2) is 18.3 Å². The number of hydrogen-bond donors (Lipinski definition) is 2. The molecule has 3 aliphatic rings. The molecule has 1 aromatic heterocycles. The van der Waals surface area contributed by atoms with E-state index in [-0.39, 0.29) is 11.3 Å². The van der Waals surface area contributed by atoms with Gasteiger partial charge in [0.15, 0.2) is 0 Å². The van der Waals surface area contributed by atoms with Crippen LogP contribution in [-0.4, -0.2) is 65.6 Å². The van der Waals surface area contributed by atoms with E-state index in [0.717, 1.165) is 64.2 Å². The molecule has 26 heavy (non-hydrogen) atoms. The third-order valence-corrected chi connectivity index (χ3v) is 6.19. The highest BCUT2D eigenvalue weighted by atomic mass is 16.4. The van der Waals surface area contributed by atoms with Crippen molar-refractivity contribution < 1.29 is 14.7 Å². The lowest BCUT2D eigenvalue weighted by molar-refractivity contribution is -0.139. The van der Waals surface area contributed by atoms with Crippen molar-refractivity contribution in [2.75, 3.05) is 37.6 Å². The number of nitrogens with zero attached hydrogens (tertiary/aromatic N) is 3. The van der Waals surface area contributed by atoms with Gasteiger partial charge in [0, 0.05) is 38.9 Å². The molecule has 3 fully saturated rings. The van der Waals surface area contributed by atoms with Crippen LogP contribution in [-0.2, 0) is 4.79 Å². The van der Waals surface area contributed by atoms with Gasteiger partial charge in [-0.3, -0.25) is 9.59 Å². The molecule has 4 rings (SSSR count). The molecular weight excluding hydrogens is 332 g/mol. The molecule has 0 aliphatic carbocycles. The van der Waals surface area contributed by atoms with Crippen molar-refractivity contribution in [3.63, 3.8) is 0 Å². The number of aromatic nitrogens is 1. The number of carbonyl (C=O) groups excluding carboxylic acids is 1. The van der Waals surface area contributed by atoms with Crippen molar-refractivity contribution >= 4 is 17.7 Å². The largest absolute Gasteiger partial charge is 0.480 e. The Kier molecular flexibility index (Phi) is 4.56. The zero-order valence-electron chi connectivity index (χ0n) is 15.0. The average molecular weight is 358 g/mol. The maximum absolute atomic E-state index is 12.9. The van der Waals surface area contributed by atoms with Gasteiger partial charge in [0.1, 0.15) is 11.9 Å². The van der Waals surface area contributed by atoms with E-state index in [1.807, 2.05) is 17.0 Å². The first kappa shape index (κ1) is 17.3. The molecule has 0 radical (unpaired) electrons. The van der Waals surface area contributed by atoms with Gasteiger partial charge >= 0.3 is 5.97 Å². The zero-order chi connectivity index (χ0) is 18.1. The fourth-order valence-corrected chi connectivity index (χ4v) is 4.57. The number of amides is 1. The third-order valence-electron chi connectivity index (χ3n) is 6.19. The molecule has 0 aromatic carbocycles. The first-order chi connectivity index (χ1) is 12.6. The molecular formula is C19H26N4O3. The second-order valence-electron chi connectivity index (χ2n) is 7.84. The van der Waals surface area contributed by atoms with Gasteiger partial charge in [-0.1, -0.05) is 0 Å². The van der Waals surface area contributed by atoms with Gasteiger partial charge in [-0.2, -0.15) is 0 Å². The minimum atomic E-state index is -0.757. The summed E-state index contributed by atoms with van der Waals surface area (Å²) in [5, 5.41) is 12.4. The summed E-state index contributed by atoms with van der Waals surface area (Å²) in [6.07, 6.45) is 6.45. The number of nitrogens with one attached hydrogen (secondary N) is 1. The molecule has 1 atom stereocenters. The molecule has 3 aliphatic heterocycles.